The van der Waals surface area contributed by atoms with Gasteiger partial charge in [-0.2, -0.15) is 0 Å². The van der Waals surface area contributed by atoms with Gasteiger partial charge in [0.15, 0.2) is 0 Å². The standard InChI is InChI=1S/C35H29NO/c1-23-8-14-27(15-9-23)31-22-32(28-16-10-24(2)11-17-28)36(34(31)29-18-12-25(3)13-19-29)35-30-7-5-4-6-26(30)20-21-33(35)37/h4-22,37H,1-3H3. The molecule has 5 aromatic carbocycles. The summed E-state index contributed by atoms with van der Waals surface area (Å²) in [5.74, 6) is 0.256. The van der Waals surface area contributed by atoms with Gasteiger partial charge in [0.2, 0.25) is 0 Å². The first-order chi connectivity index (χ1) is 18.0. The summed E-state index contributed by atoms with van der Waals surface area (Å²) in [6, 6.07) is 40.3. The Morgan fingerprint density at radius 3 is 1.70 bits per heavy atom. The lowest BCUT2D eigenvalue weighted by molar-refractivity contribution is 0.473. The number of hydrogen-bond donors (Lipinski definition) is 1. The minimum Gasteiger partial charge on any atom is -0.506 e. The lowest BCUT2D eigenvalue weighted by Crippen LogP contribution is -2.02. The van der Waals surface area contributed by atoms with Crippen LogP contribution in [0.3, 0.4) is 0 Å². The van der Waals surface area contributed by atoms with Crippen LogP contribution >= 0.6 is 0 Å². The van der Waals surface area contributed by atoms with Gasteiger partial charge in [-0.15, -0.1) is 0 Å². The molecule has 0 aliphatic rings. The molecular formula is C35H29NO. The Hall–Kier alpha value is -4.56. The minimum absolute atomic E-state index is 0.256. The van der Waals surface area contributed by atoms with E-state index in [1.54, 1.807) is 6.07 Å². The molecule has 1 aromatic heterocycles. The number of phenols is 1. The molecule has 0 radical (unpaired) electrons. The predicted molar refractivity (Wildman–Crippen MR) is 155 cm³/mol. The number of rotatable bonds is 4. The van der Waals surface area contributed by atoms with Crippen molar-refractivity contribution in [2.75, 3.05) is 0 Å². The quantitative estimate of drug-likeness (QED) is 0.268. The van der Waals surface area contributed by atoms with E-state index in [-0.39, 0.29) is 5.75 Å². The van der Waals surface area contributed by atoms with Crippen LogP contribution in [0.5, 0.6) is 5.75 Å². The smallest absolute Gasteiger partial charge is 0.140 e. The SMILES string of the molecule is Cc1ccc(-c2cc(-c3ccc(C)cc3)n(-c3c(O)ccc4ccccc34)c2-c2ccc(C)cc2)cc1. The molecule has 0 fully saturated rings. The highest BCUT2D eigenvalue weighted by molar-refractivity contribution is 5.97. The highest BCUT2D eigenvalue weighted by atomic mass is 16.3. The molecule has 2 heteroatoms. The third-order valence-electron chi connectivity index (χ3n) is 7.14. The summed E-state index contributed by atoms with van der Waals surface area (Å²) in [6.07, 6.45) is 0. The number of aryl methyl sites for hydroxylation is 3. The van der Waals surface area contributed by atoms with Gasteiger partial charge in [-0.1, -0.05) is 120 Å². The molecular weight excluding hydrogens is 450 g/mol. The molecule has 0 saturated carbocycles. The number of hydrogen-bond acceptors (Lipinski definition) is 1. The maximum Gasteiger partial charge on any atom is 0.140 e. The van der Waals surface area contributed by atoms with Gasteiger partial charge in [0.25, 0.3) is 0 Å². The molecule has 37 heavy (non-hydrogen) atoms. The molecule has 6 aromatic rings. The average molecular weight is 480 g/mol. The first-order valence-electron chi connectivity index (χ1n) is 12.7. The van der Waals surface area contributed by atoms with Crippen molar-refractivity contribution in [1.82, 2.24) is 4.57 Å². The third-order valence-corrected chi connectivity index (χ3v) is 7.14. The molecule has 0 bridgehead atoms. The highest BCUT2D eigenvalue weighted by Gasteiger charge is 2.23. The van der Waals surface area contributed by atoms with Gasteiger partial charge in [-0.25, -0.2) is 0 Å². The highest BCUT2D eigenvalue weighted by Crippen LogP contribution is 2.44. The Labute approximate surface area is 218 Å². The molecule has 1 heterocycles. The molecule has 0 spiro atoms. The van der Waals surface area contributed by atoms with Crippen LogP contribution in [-0.4, -0.2) is 9.67 Å². The summed E-state index contributed by atoms with van der Waals surface area (Å²) in [4.78, 5) is 0. The van der Waals surface area contributed by atoms with Gasteiger partial charge in [-0.05, 0) is 55.0 Å². The molecule has 180 valence electrons. The van der Waals surface area contributed by atoms with Gasteiger partial charge in [0.1, 0.15) is 5.75 Å². The summed E-state index contributed by atoms with van der Waals surface area (Å²) in [7, 11) is 0. The lowest BCUT2D eigenvalue weighted by Gasteiger charge is -2.19. The van der Waals surface area contributed by atoms with Gasteiger partial charge in [0, 0.05) is 10.9 Å². The van der Waals surface area contributed by atoms with Crippen LogP contribution in [0.1, 0.15) is 16.7 Å². The zero-order valence-corrected chi connectivity index (χ0v) is 21.4. The minimum atomic E-state index is 0.256. The van der Waals surface area contributed by atoms with Gasteiger partial charge < -0.3 is 9.67 Å². The van der Waals surface area contributed by atoms with E-state index in [1.807, 2.05) is 18.2 Å². The number of aromatic hydroxyl groups is 1. The maximum atomic E-state index is 11.4. The van der Waals surface area contributed by atoms with Crippen LogP contribution in [0.15, 0.2) is 115 Å². The lowest BCUT2D eigenvalue weighted by atomic mass is 9.99. The van der Waals surface area contributed by atoms with Gasteiger partial charge in [0.05, 0.1) is 17.1 Å². The Morgan fingerprint density at radius 1 is 0.541 bits per heavy atom. The van der Waals surface area contributed by atoms with Gasteiger partial charge >= 0.3 is 0 Å². The summed E-state index contributed by atoms with van der Waals surface area (Å²) in [5.41, 5.74) is 11.0. The fourth-order valence-electron chi connectivity index (χ4n) is 5.11. The van der Waals surface area contributed by atoms with Crippen molar-refractivity contribution in [3.63, 3.8) is 0 Å². The molecule has 0 atom stereocenters. The molecule has 0 aliphatic carbocycles. The molecule has 2 nitrogen and oxygen atoms in total. The van der Waals surface area contributed by atoms with Crippen LogP contribution in [-0.2, 0) is 0 Å². The number of benzene rings is 5. The van der Waals surface area contributed by atoms with E-state index in [0.29, 0.717) is 0 Å². The predicted octanol–water partition coefficient (Wildman–Crippen LogP) is 9.26. The first kappa shape index (κ1) is 22.9. The first-order valence-corrected chi connectivity index (χ1v) is 12.7. The van der Waals surface area contributed by atoms with E-state index in [1.165, 1.54) is 16.7 Å². The third kappa shape index (κ3) is 4.11. The Kier molecular flexibility index (Phi) is 5.65. The normalized spacial score (nSPS) is 11.2. The molecule has 0 saturated heterocycles. The second kappa shape index (κ2) is 9.15. The second-order valence-electron chi connectivity index (χ2n) is 9.88. The van der Waals surface area contributed by atoms with Crippen LogP contribution < -0.4 is 0 Å². The number of nitrogens with zero attached hydrogens (tertiary/aromatic N) is 1. The summed E-state index contributed by atoms with van der Waals surface area (Å²) >= 11 is 0. The zero-order valence-electron chi connectivity index (χ0n) is 21.4. The maximum absolute atomic E-state index is 11.4. The van der Waals surface area contributed by atoms with Crippen LogP contribution in [0.2, 0.25) is 0 Å². The van der Waals surface area contributed by atoms with E-state index in [0.717, 1.165) is 50.1 Å². The number of aromatic nitrogens is 1. The van der Waals surface area contributed by atoms with Crippen molar-refractivity contribution in [3.05, 3.63) is 132 Å². The van der Waals surface area contributed by atoms with Crippen molar-refractivity contribution in [2.24, 2.45) is 0 Å². The topological polar surface area (TPSA) is 25.2 Å². The van der Waals surface area contributed by atoms with Crippen LogP contribution in [0, 0.1) is 20.8 Å². The van der Waals surface area contributed by atoms with E-state index in [9.17, 15) is 5.11 Å². The van der Waals surface area contributed by atoms with Crippen molar-refractivity contribution in [3.8, 4) is 45.1 Å². The van der Waals surface area contributed by atoms with Crippen LogP contribution in [0.25, 0.3) is 50.1 Å². The largest absolute Gasteiger partial charge is 0.506 e. The van der Waals surface area contributed by atoms with Crippen molar-refractivity contribution in [1.29, 1.82) is 0 Å². The number of phenolic OH excluding ortho intramolecular Hbond substituents is 1. The number of fused-ring (bicyclic) bond motifs is 1. The van der Waals surface area contributed by atoms with Crippen molar-refractivity contribution in [2.45, 2.75) is 20.8 Å². The molecule has 1 N–H and O–H groups in total. The average Bonchev–Trinajstić information content (AvgIpc) is 3.30. The zero-order chi connectivity index (χ0) is 25.5. The fourth-order valence-corrected chi connectivity index (χ4v) is 5.11. The summed E-state index contributed by atoms with van der Waals surface area (Å²) in [5, 5.41) is 13.5. The molecule has 6 rings (SSSR count). The summed E-state index contributed by atoms with van der Waals surface area (Å²) < 4.78 is 2.25. The second-order valence-corrected chi connectivity index (χ2v) is 9.88. The Morgan fingerprint density at radius 2 is 1.08 bits per heavy atom. The fraction of sp³-hybridized carbons (Fsp3) is 0.0857. The van der Waals surface area contributed by atoms with E-state index >= 15 is 0 Å². The van der Waals surface area contributed by atoms with Gasteiger partial charge in [-0.3, -0.25) is 0 Å². The Bertz CT molecular complexity index is 1720. The van der Waals surface area contributed by atoms with Crippen molar-refractivity contribution < 1.29 is 5.11 Å². The van der Waals surface area contributed by atoms with E-state index in [4.69, 9.17) is 0 Å². The molecule has 0 aliphatic heterocycles. The molecule has 0 unspecified atom stereocenters. The Balaban J connectivity index is 1.78. The monoisotopic (exact) mass is 479 g/mol. The van der Waals surface area contributed by atoms with Crippen LogP contribution in [0.4, 0.5) is 0 Å². The van der Waals surface area contributed by atoms with E-state index in [2.05, 4.69) is 116 Å². The van der Waals surface area contributed by atoms with Crippen molar-refractivity contribution >= 4 is 10.8 Å². The molecule has 0 amide bonds. The van der Waals surface area contributed by atoms with E-state index < -0.39 is 0 Å². The summed E-state index contributed by atoms with van der Waals surface area (Å²) in [6.45, 7) is 6.33.